The van der Waals surface area contributed by atoms with E-state index in [2.05, 4.69) is 10.6 Å². The minimum Gasteiger partial charge on any atom is -0.494 e. The topological polar surface area (TPSA) is 151 Å². The Morgan fingerprint density at radius 2 is 1.56 bits per heavy atom. The van der Waals surface area contributed by atoms with Crippen molar-refractivity contribution in [2.24, 2.45) is 0 Å². The number of hydrogen-bond donors (Lipinski definition) is 4. The van der Waals surface area contributed by atoms with E-state index in [1.54, 1.807) is 36.4 Å². The van der Waals surface area contributed by atoms with Crippen molar-refractivity contribution < 1.29 is 38.9 Å². The molecule has 0 bridgehead atoms. The van der Waals surface area contributed by atoms with Crippen LogP contribution in [-0.2, 0) is 27.2 Å². The number of carboxylic acids is 2. The molecule has 2 aromatic rings. The van der Waals surface area contributed by atoms with Gasteiger partial charge < -0.3 is 30.3 Å². The zero-order chi connectivity index (χ0) is 28.8. The predicted molar refractivity (Wildman–Crippen MR) is 145 cm³/mol. The van der Waals surface area contributed by atoms with E-state index in [-0.39, 0.29) is 18.4 Å². The lowest BCUT2D eigenvalue weighted by molar-refractivity contribution is -0.141. The molecule has 10 nitrogen and oxygen atoms in total. The fourth-order valence-corrected chi connectivity index (χ4v) is 3.73. The maximum atomic E-state index is 12.4. The molecule has 2 rings (SSSR count). The summed E-state index contributed by atoms with van der Waals surface area (Å²) in [7, 11) is 0. The minimum atomic E-state index is -1.18. The fourth-order valence-electron chi connectivity index (χ4n) is 3.73. The van der Waals surface area contributed by atoms with Crippen molar-refractivity contribution in [1.82, 2.24) is 10.6 Å². The Hall–Kier alpha value is -4.08. The van der Waals surface area contributed by atoms with Gasteiger partial charge in [0.25, 0.3) is 0 Å². The number of carboxylic acid groups (broad SMARTS) is 2. The number of ether oxygens (including phenoxy) is 2. The third-order valence-corrected chi connectivity index (χ3v) is 5.60. The van der Waals surface area contributed by atoms with E-state index < -0.39 is 35.6 Å². The van der Waals surface area contributed by atoms with Crippen LogP contribution in [0.15, 0.2) is 48.5 Å². The highest BCUT2D eigenvalue weighted by Crippen LogP contribution is 2.15. The van der Waals surface area contributed by atoms with Crippen molar-refractivity contribution >= 4 is 23.9 Å². The normalized spacial score (nSPS) is 11.8. The van der Waals surface area contributed by atoms with Crippen LogP contribution in [0.5, 0.6) is 5.75 Å². The van der Waals surface area contributed by atoms with E-state index in [1.165, 1.54) is 12.1 Å². The summed E-state index contributed by atoms with van der Waals surface area (Å²) in [6.07, 6.45) is 3.02. The van der Waals surface area contributed by atoms with Gasteiger partial charge in [-0.15, -0.1) is 0 Å². The summed E-state index contributed by atoms with van der Waals surface area (Å²) < 4.78 is 10.9. The largest absolute Gasteiger partial charge is 0.494 e. The monoisotopic (exact) mass is 542 g/mol. The number of carbonyl (C=O) groups excluding carboxylic acids is 2. The number of amides is 2. The highest BCUT2D eigenvalue weighted by molar-refractivity contribution is 5.92. The lowest BCUT2D eigenvalue weighted by Gasteiger charge is -2.19. The predicted octanol–water partition coefficient (Wildman–Crippen LogP) is 4.20. The number of alkyl carbamates (subject to hydrolysis) is 1. The maximum absolute atomic E-state index is 12.4. The van der Waals surface area contributed by atoms with Gasteiger partial charge in [-0.05, 0) is 62.9 Å². The summed E-state index contributed by atoms with van der Waals surface area (Å²) in [6, 6.07) is 12.0. The molecule has 2 amide bonds. The molecule has 2 aromatic carbocycles. The minimum absolute atomic E-state index is 0.00492. The number of unbranched alkanes of at least 4 members (excludes halogenated alkanes) is 3. The van der Waals surface area contributed by atoms with Gasteiger partial charge in [-0.2, -0.15) is 0 Å². The Morgan fingerprint density at radius 1 is 0.897 bits per heavy atom. The van der Waals surface area contributed by atoms with Gasteiger partial charge in [-0.3, -0.25) is 4.79 Å². The number of aliphatic carboxylic acids is 1. The van der Waals surface area contributed by atoms with E-state index in [0.717, 1.165) is 25.7 Å². The lowest BCUT2D eigenvalue weighted by atomic mass is 10.0. The Kier molecular flexibility index (Phi) is 12.3. The second-order valence-corrected chi connectivity index (χ2v) is 10.1. The Balaban J connectivity index is 1.71. The molecular formula is C29H38N2O8. The fraction of sp³-hybridized carbons (Fsp3) is 0.448. The van der Waals surface area contributed by atoms with Gasteiger partial charge in [0.2, 0.25) is 5.91 Å². The first-order chi connectivity index (χ1) is 18.4. The van der Waals surface area contributed by atoms with Crippen molar-refractivity contribution in [2.75, 3.05) is 13.2 Å². The third kappa shape index (κ3) is 12.3. The molecule has 0 aliphatic rings. The van der Waals surface area contributed by atoms with Gasteiger partial charge in [-0.1, -0.05) is 43.2 Å². The first kappa shape index (κ1) is 31.1. The molecule has 0 aromatic heterocycles. The number of nitrogens with one attached hydrogen (secondary N) is 2. The summed E-state index contributed by atoms with van der Waals surface area (Å²) in [6.45, 7) is 6.55. The Labute approximate surface area is 228 Å². The smallest absolute Gasteiger partial charge is 0.407 e. The van der Waals surface area contributed by atoms with Crippen LogP contribution in [0.1, 0.15) is 67.9 Å². The Bertz CT molecular complexity index is 1110. The molecule has 212 valence electrons. The van der Waals surface area contributed by atoms with Crippen LogP contribution in [0.25, 0.3) is 0 Å². The van der Waals surface area contributed by atoms with Crippen LogP contribution in [0.4, 0.5) is 4.79 Å². The quantitative estimate of drug-likeness (QED) is 0.244. The summed E-state index contributed by atoms with van der Waals surface area (Å²) in [5.74, 6) is -2.25. The van der Waals surface area contributed by atoms with Crippen molar-refractivity contribution in [3.63, 3.8) is 0 Å². The van der Waals surface area contributed by atoms with Gasteiger partial charge in [0.15, 0.2) is 0 Å². The zero-order valence-electron chi connectivity index (χ0n) is 22.7. The molecule has 0 spiro atoms. The van der Waals surface area contributed by atoms with Crippen LogP contribution in [0.2, 0.25) is 0 Å². The van der Waals surface area contributed by atoms with Crippen LogP contribution >= 0.6 is 0 Å². The lowest BCUT2D eigenvalue weighted by Crippen LogP contribution is -2.43. The van der Waals surface area contributed by atoms with Gasteiger partial charge in [-0.25, -0.2) is 14.4 Å². The van der Waals surface area contributed by atoms with Crippen LogP contribution in [0.3, 0.4) is 0 Å². The molecule has 0 aliphatic heterocycles. The van der Waals surface area contributed by atoms with Crippen LogP contribution in [-0.4, -0.2) is 58.9 Å². The van der Waals surface area contributed by atoms with Gasteiger partial charge in [0.05, 0.1) is 18.6 Å². The zero-order valence-corrected chi connectivity index (χ0v) is 22.7. The highest BCUT2D eigenvalue weighted by Gasteiger charge is 2.22. The van der Waals surface area contributed by atoms with Crippen molar-refractivity contribution in [3.05, 3.63) is 65.2 Å². The standard InChI is InChI=1S/C29H38N2O8/c1-29(2,3)39-28(37)30-16-8-4-5-9-17-38-22-14-12-20(13-15-22)18-24(27(35)36)31-25(32)19-21-10-6-7-11-23(21)26(33)34/h6-7,10-15,24H,4-5,8-9,16-19H2,1-3H3,(H,30,37)(H,31,32)(H,33,34)(H,35,36)/t24-/m0/s1. The molecule has 0 aliphatic carbocycles. The van der Waals surface area contributed by atoms with Crippen molar-refractivity contribution in [1.29, 1.82) is 0 Å². The highest BCUT2D eigenvalue weighted by atomic mass is 16.6. The molecule has 0 saturated heterocycles. The first-order valence-electron chi connectivity index (χ1n) is 13.0. The van der Waals surface area contributed by atoms with Crippen molar-refractivity contribution in [2.45, 2.75) is 70.9 Å². The molecule has 0 radical (unpaired) electrons. The number of rotatable bonds is 15. The summed E-state index contributed by atoms with van der Waals surface area (Å²) >= 11 is 0. The van der Waals surface area contributed by atoms with Crippen LogP contribution < -0.4 is 15.4 Å². The van der Waals surface area contributed by atoms with E-state index >= 15 is 0 Å². The second-order valence-electron chi connectivity index (χ2n) is 10.1. The number of carbonyl (C=O) groups is 4. The summed E-state index contributed by atoms with van der Waals surface area (Å²) in [5, 5.41) is 24.1. The van der Waals surface area contributed by atoms with Gasteiger partial charge >= 0.3 is 18.0 Å². The molecule has 0 saturated carbocycles. The summed E-state index contributed by atoms with van der Waals surface area (Å²) in [5.41, 5.74) is 0.514. The molecule has 39 heavy (non-hydrogen) atoms. The summed E-state index contributed by atoms with van der Waals surface area (Å²) in [4.78, 5) is 47.1. The van der Waals surface area contributed by atoms with Crippen LogP contribution in [0, 0.1) is 0 Å². The Morgan fingerprint density at radius 3 is 2.21 bits per heavy atom. The number of aromatic carboxylic acids is 1. The van der Waals surface area contributed by atoms with E-state index in [1.807, 2.05) is 20.8 Å². The maximum Gasteiger partial charge on any atom is 0.407 e. The SMILES string of the molecule is CC(C)(C)OC(=O)NCCCCCCOc1ccc(C[C@H](NC(=O)Cc2ccccc2C(=O)O)C(=O)O)cc1. The van der Waals surface area contributed by atoms with Gasteiger partial charge in [0, 0.05) is 13.0 Å². The van der Waals surface area contributed by atoms with Gasteiger partial charge in [0.1, 0.15) is 17.4 Å². The molecule has 10 heteroatoms. The molecule has 4 N–H and O–H groups in total. The molecule has 0 unspecified atom stereocenters. The first-order valence-corrected chi connectivity index (χ1v) is 13.0. The molecule has 0 fully saturated rings. The third-order valence-electron chi connectivity index (χ3n) is 5.60. The molecular weight excluding hydrogens is 504 g/mol. The molecule has 0 heterocycles. The van der Waals surface area contributed by atoms with E-state index in [9.17, 15) is 29.4 Å². The molecule has 1 atom stereocenters. The average molecular weight is 543 g/mol. The van der Waals surface area contributed by atoms with E-state index in [4.69, 9.17) is 9.47 Å². The van der Waals surface area contributed by atoms with E-state index in [0.29, 0.717) is 30.0 Å². The average Bonchev–Trinajstić information content (AvgIpc) is 2.85. The number of benzene rings is 2. The number of hydrogen-bond acceptors (Lipinski definition) is 6. The second kappa shape index (κ2) is 15.4. The van der Waals surface area contributed by atoms with Crippen molar-refractivity contribution in [3.8, 4) is 5.75 Å².